The number of nitrogens with one attached hydrogen (secondary N) is 1. The minimum Gasteiger partial charge on any atom is -0.478 e. The molecule has 0 bridgehead atoms. The number of hydrogen-bond donors (Lipinski definition) is 2. The first-order valence-electron chi connectivity index (χ1n) is 7.47. The van der Waals surface area contributed by atoms with Gasteiger partial charge in [-0.2, -0.15) is 0 Å². The molecule has 0 spiro atoms. The Bertz CT molecular complexity index is 705. The fourth-order valence-corrected chi connectivity index (χ4v) is 2.66. The number of fused-ring (bicyclic) bond motifs is 1. The summed E-state index contributed by atoms with van der Waals surface area (Å²) in [5.74, 6) is 0.0406. The highest BCUT2D eigenvalue weighted by Gasteiger charge is 2.19. The molecule has 0 saturated carbocycles. The molecule has 2 N–H and O–H groups in total. The van der Waals surface area contributed by atoms with E-state index in [1.807, 2.05) is 6.07 Å². The van der Waals surface area contributed by atoms with Crippen molar-refractivity contribution in [1.82, 2.24) is 5.32 Å². The number of amides is 1. The Morgan fingerprint density at radius 1 is 1.13 bits per heavy atom. The first-order chi connectivity index (χ1) is 11.1. The first kappa shape index (κ1) is 15.1. The molecule has 3 rings (SSSR count). The Morgan fingerprint density at radius 3 is 2.74 bits per heavy atom. The maximum absolute atomic E-state index is 12.0. The standard InChI is InChI=1S/C17H17NO5/c19-16(18-13-4-2-1-3-12(13)17(20)21)8-6-11-5-7-14-15(9-11)23-10-22-14/h5-9H,1-4,10H2,(H,18,19)(H,20,21)/b8-6+. The minimum absolute atomic E-state index is 0.203. The number of ether oxygens (including phenoxy) is 2. The molecule has 6 nitrogen and oxygen atoms in total. The van der Waals surface area contributed by atoms with Crippen LogP contribution < -0.4 is 14.8 Å². The zero-order valence-corrected chi connectivity index (χ0v) is 12.5. The van der Waals surface area contributed by atoms with E-state index in [4.69, 9.17) is 14.6 Å². The van der Waals surface area contributed by atoms with E-state index < -0.39 is 5.97 Å². The van der Waals surface area contributed by atoms with E-state index in [1.165, 1.54) is 6.08 Å². The summed E-state index contributed by atoms with van der Waals surface area (Å²) < 4.78 is 10.5. The molecular weight excluding hydrogens is 298 g/mol. The van der Waals surface area contributed by atoms with E-state index in [2.05, 4.69) is 5.32 Å². The van der Waals surface area contributed by atoms with Crippen molar-refractivity contribution in [2.45, 2.75) is 25.7 Å². The van der Waals surface area contributed by atoms with Crippen LogP contribution in [0, 0.1) is 0 Å². The minimum atomic E-state index is -0.959. The summed E-state index contributed by atoms with van der Waals surface area (Å²) in [5.41, 5.74) is 1.63. The molecule has 0 fully saturated rings. The number of rotatable bonds is 4. The Labute approximate surface area is 133 Å². The number of carboxylic acid groups (broad SMARTS) is 1. The number of carboxylic acids is 1. The summed E-state index contributed by atoms with van der Waals surface area (Å²) in [6.45, 7) is 0.203. The van der Waals surface area contributed by atoms with Gasteiger partial charge in [0.15, 0.2) is 11.5 Å². The van der Waals surface area contributed by atoms with Crippen LogP contribution in [0.4, 0.5) is 0 Å². The van der Waals surface area contributed by atoms with E-state index in [-0.39, 0.29) is 12.7 Å². The predicted octanol–water partition coefficient (Wildman–Crippen LogP) is 2.46. The fourth-order valence-electron chi connectivity index (χ4n) is 2.66. The second kappa shape index (κ2) is 6.56. The third kappa shape index (κ3) is 3.53. The molecular formula is C17H17NO5. The average Bonchev–Trinajstić information content (AvgIpc) is 3.01. The quantitative estimate of drug-likeness (QED) is 0.834. The summed E-state index contributed by atoms with van der Waals surface area (Å²) >= 11 is 0. The van der Waals surface area contributed by atoms with E-state index >= 15 is 0 Å². The van der Waals surface area contributed by atoms with Gasteiger partial charge in [-0.25, -0.2) is 4.79 Å². The lowest BCUT2D eigenvalue weighted by molar-refractivity contribution is -0.133. The molecule has 0 aromatic heterocycles. The Hall–Kier alpha value is -2.76. The van der Waals surface area contributed by atoms with Gasteiger partial charge >= 0.3 is 5.97 Å². The van der Waals surface area contributed by atoms with Gasteiger partial charge in [-0.3, -0.25) is 4.79 Å². The normalized spacial score (nSPS) is 16.7. The molecule has 23 heavy (non-hydrogen) atoms. The molecule has 0 saturated heterocycles. The van der Waals surface area contributed by atoms with Gasteiger partial charge in [-0.15, -0.1) is 0 Å². The van der Waals surface area contributed by atoms with Gasteiger partial charge in [0.05, 0.1) is 5.57 Å². The maximum Gasteiger partial charge on any atom is 0.333 e. The molecule has 120 valence electrons. The maximum atomic E-state index is 12.0. The number of hydrogen-bond acceptors (Lipinski definition) is 4. The molecule has 1 aromatic carbocycles. The van der Waals surface area contributed by atoms with Gasteiger partial charge in [0.2, 0.25) is 12.7 Å². The molecule has 0 radical (unpaired) electrons. The van der Waals surface area contributed by atoms with E-state index in [9.17, 15) is 9.59 Å². The molecule has 0 unspecified atom stereocenters. The molecule has 1 heterocycles. The lowest BCUT2D eigenvalue weighted by Crippen LogP contribution is -2.25. The molecule has 1 amide bonds. The second-order valence-corrected chi connectivity index (χ2v) is 5.40. The van der Waals surface area contributed by atoms with Crippen LogP contribution in [0.3, 0.4) is 0 Å². The molecule has 1 aliphatic heterocycles. The lowest BCUT2D eigenvalue weighted by atomic mass is 9.96. The zero-order chi connectivity index (χ0) is 16.2. The van der Waals surface area contributed by atoms with Crippen LogP contribution in [0.1, 0.15) is 31.2 Å². The monoisotopic (exact) mass is 315 g/mol. The van der Waals surface area contributed by atoms with E-state index in [1.54, 1.807) is 18.2 Å². The molecule has 0 atom stereocenters. The van der Waals surface area contributed by atoms with E-state index in [0.717, 1.165) is 18.4 Å². The number of benzene rings is 1. The fraction of sp³-hybridized carbons (Fsp3) is 0.294. The van der Waals surface area contributed by atoms with Crippen molar-refractivity contribution >= 4 is 18.0 Å². The SMILES string of the molecule is O=C(/C=C/c1ccc2c(c1)OCO2)NC1=C(C(=O)O)CCCC1. The van der Waals surface area contributed by atoms with Gasteiger partial charge in [0, 0.05) is 11.8 Å². The van der Waals surface area contributed by atoms with Crippen molar-refractivity contribution in [2.24, 2.45) is 0 Å². The van der Waals surface area contributed by atoms with Crippen molar-refractivity contribution in [3.8, 4) is 11.5 Å². The van der Waals surface area contributed by atoms with Gasteiger partial charge in [-0.05, 0) is 49.5 Å². The second-order valence-electron chi connectivity index (χ2n) is 5.40. The van der Waals surface area contributed by atoms with Gasteiger partial charge in [0.25, 0.3) is 0 Å². The van der Waals surface area contributed by atoms with Crippen molar-refractivity contribution < 1.29 is 24.2 Å². The number of carbonyl (C=O) groups is 2. The van der Waals surface area contributed by atoms with Crippen LogP contribution in [0.25, 0.3) is 6.08 Å². The summed E-state index contributed by atoms with van der Waals surface area (Å²) in [4.78, 5) is 23.2. The third-order valence-electron chi connectivity index (χ3n) is 3.82. The highest BCUT2D eigenvalue weighted by Crippen LogP contribution is 2.32. The van der Waals surface area contributed by atoms with Crippen LogP contribution in [0.5, 0.6) is 11.5 Å². The third-order valence-corrected chi connectivity index (χ3v) is 3.82. The highest BCUT2D eigenvalue weighted by molar-refractivity contribution is 5.95. The van der Waals surface area contributed by atoms with Gasteiger partial charge in [0.1, 0.15) is 0 Å². The number of carbonyl (C=O) groups excluding carboxylic acids is 1. The summed E-state index contributed by atoms with van der Waals surface area (Å²) in [6.07, 6.45) is 5.86. The van der Waals surface area contributed by atoms with Crippen molar-refractivity contribution in [1.29, 1.82) is 0 Å². The lowest BCUT2D eigenvalue weighted by Gasteiger charge is -2.17. The van der Waals surface area contributed by atoms with Crippen molar-refractivity contribution in [2.75, 3.05) is 6.79 Å². The van der Waals surface area contributed by atoms with Crippen LogP contribution in [0.2, 0.25) is 0 Å². The van der Waals surface area contributed by atoms with Crippen LogP contribution in [-0.2, 0) is 9.59 Å². The van der Waals surface area contributed by atoms with E-state index in [0.29, 0.717) is 35.6 Å². The smallest absolute Gasteiger partial charge is 0.333 e. The summed E-state index contributed by atoms with van der Waals surface area (Å²) in [6, 6.07) is 5.39. The molecule has 2 aliphatic rings. The van der Waals surface area contributed by atoms with Crippen LogP contribution in [0.15, 0.2) is 35.5 Å². The van der Waals surface area contributed by atoms with Crippen LogP contribution >= 0.6 is 0 Å². The number of aliphatic carboxylic acids is 1. The van der Waals surface area contributed by atoms with Gasteiger partial charge in [-0.1, -0.05) is 6.07 Å². The Balaban J connectivity index is 1.68. The Morgan fingerprint density at radius 2 is 1.91 bits per heavy atom. The molecule has 6 heteroatoms. The highest BCUT2D eigenvalue weighted by atomic mass is 16.7. The summed E-state index contributed by atoms with van der Waals surface area (Å²) in [7, 11) is 0. The van der Waals surface area contributed by atoms with Crippen LogP contribution in [-0.4, -0.2) is 23.8 Å². The molecule has 1 aliphatic carbocycles. The zero-order valence-electron chi connectivity index (χ0n) is 12.5. The summed E-state index contributed by atoms with van der Waals surface area (Å²) in [5, 5.41) is 11.9. The number of allylic oxidation sites excluding steroid dienone is 1. The largest absolute Gasteiger partial charge is 0.478 e. The van der Waals surface area contributed by atoms with Gasteiger partial charge < -0.3 is 19.9 Å². The topological polar surface area (TPSA) is 84.9 Å². The predicted molar refractivity (Wildman–Crippen MR) is 82.9 cm³/mol. The molecule has 1 aromatic rings. The van der Waals surface area contributed by atoms with Crippen molar-refractivity contribution in [3.05, 3.63) is 41.1 Å². The van der Waals surface area contributed by atoms with Crippen molar-refractivity contribution in [3.63, 3.8) is 0 Å². The average molecular weight is 315 g/mol. The first-order valence-corrected chi connectivity index (χ1v) is 7.47. The Kier molecular flexibility index (Phi) is 4.32.